The van der Waals surface area contributed by atoms with Gasteiger partial charge in [0.1, 0.15) is 11.7 Å². The predicted octanol–water partition coefficient (Wildman–Crippen LogP) is 1.83. The average molecular weight is 563 g/mol. The highest BCUT2D eigenvalue weighted by atomic mass is 32.2. The standard InChI is InChI=1S/C26H38N6O6S/c1-25(2,3)38-24(33)32-18-5-6-19(32)15-31(14-18)21-20(13-27)22(29-23(28-21)39(4,34)35)37-17-26(7-8-26)16-30-9-11-36-12-10-30/h18-19H,5-12,14-17H2,1-4H3/t18-,19+. The first-order valence-electron chi connectivity index (χ1n) is 13.6. The molecule has 39 heavy (non-hydrogen) atoms. The molecule has 214 valence electrons. The number of hydrogen-bond donors (Lipinski definition) is 0. The molecule has 0 unspecified atom stereocenters. The zero-order chi connectivity index (χ0) is 28.0. The normalized spacial score (nSPS) is 24.8. The van der Waals surface area contributed by atoms with Crippen molar-refractivity contribution in [2.24, 2.45) is 5.41 Å². The highest BCUT2D eigenvalue weighted by molar-refractivity contribution is 7.90. The third kappa shape index (κ3) is 6.23. The van der Waals surface area contributed by atoms with Crippen molar-refractivity contribution in [3.05, 3.63) is 5.56 Å². The second kappa shape index (κ2) is 10.4. The zero-order valence-electron chi connectivity index (χ0n) is 23.2. The van der Waals surface area contributed by atoms with E-state index >= 15 is 0 Å². The summed E-state index contributed by atoms with van der Waals surface area (Å²) < 4.78 is 42.3. The minimum atomic E-state index is -3.77. The molecule has 3 saturated heterocycles. The molecule has 1 aromatic rings. The molecule has 4 fully saturated rings. The SMILES string of the molecule is CC(C)(C)OC(=O)N1[C@@H]2CC[C@H]1CN(c1nc(S(C)(=O)=O)nc(OCC3(CN4CCOCC4)CC3)c1C#N)C2. The van der Waals surface area contributed by atoms with Crippen LogP contribution in [0.4, 0.5) is 10.6 Å². The van der Waals surface area contributed by atoms with Crippen LogP contribution in [0.5, 0.6) is 5.88 Å². The van der Waals surface area contributed by atoms with Crippen LogP contribution in [0.15, 0.2) is 5.16 Å². The van der Waals surface area contributed by atoms with Crippen LogP contribution in [0, 0.1) is 16.7 Å². The lowest BCUT2D eigenvalue weighted by Crippen LogP contribution is -2.57. The number of morpholine rings is 1. The topological polar surface area (TPSA) is 138 Å². The molecule has 2 atom stereocenters. The Morgan fingerprint density at radius 3 is 2.33 bits per heavy atom. The first-order chi connectivity index (χ1) is 18.4. The molecule has 2 bridgehead atoms. The summed E-state index contributed by atoms with van der Waals surface area (Å²) in [7, 11) is -3.77. The van der Waals surface area contributed by atoms with E-state index in [0.717, 1.165) is 51.6 Å². The number of anilines is 1. The molecule has 0 spiro atoms. The van der Waals surface area contributed by atoms with E-state index < -0.39 is 15.4 Å². The van der Waals surface area contributed by atoms with Gasteiger partial charge >= 0.3 is 6.09 Å². The van der Waals surface area contributed by atoms with E-state index in [1.54, 1.807) is 4.90 Å². The van der Waals surface area contributed by atoms with Crippen molar-refractivity contribution >= 4 is 21.7 Å². The van der Waals surface area contributed by atoms with Crippen molar-refractivity contribution in [2.75, 3.05) is 63.7 Å². The maximum absolute atomic E-state index is 12.9. The molecule has 5 rings (SSSR count). The van der Waals surface area contributed by atoms with Gasteiger partial charge in [-0.1, -0.05) is 0 Å². The molecule has 13 heteroatoms. The van der Waals surface area contributed by atoms with Crippen LogP contribution in [-0.2, 0) is 19.3 Å². The van der Waals surface area contributed by atoms with Gasteiger partial charge in [-0.15, -0.1) is 0 Å². The summed E-state index contributed by atoms with van der Waals surface area (Å²) in [6, 6.07) is 1.91. The molecular weight excluding hydrogens is 524 g/mol. The monoisotopic (exact) mass is 562 g/mol. The lowest BCUT2D eigenvalue weighted by atomic mass is 10.1. The number of fused-ring (bicyclic) bond motifs is 2. The lowest BCUT2D eigenvalue weighted by molar-refractivity contribution is 0.0122. The van der Waals surface area contributed by atoms with Gasteiger partial charge in [0.15, 0.2) is 11.4 Å². The number of piperazine rings is 1. The number of carbonyl (C=O) groups is 1. The molecule has 1 amide bonds. The number of hydrogen-bond acceptors (Lipinski definition) is 11. The third-order valence-corrected chi connectivity index (χ3v) is 8.65. The number of nitriles is 1. The number of sulfone groups is 1. The number of rotatable bonds is 7. The lowest BCUT2D eigenvalue weighted by Gasteiger charge is -2.42. The van der Waals surface area contributed by atoms with Gasteiger partial charge in [-0.2, -0.15) is 15.2 Å². The van der Waals surface area contributed by atoms with E-state index in [9.17, 15) is 18.5 Å². The van der Waals surface area contributed by atoms with Gasteiger partial charge in [-0.3, -0.25) is 9.80 Å². The molecule has 1 aromatic heterocycles. The summed E-state index contributed by atoms with van der Waals surface area (Å²) in [6.45, 7) is 10.7. The van der Waals surface area contributed by atoms with Crippen molar-refractivity contribution in [3.8, 4) is 11.9 Å². The Bertz CT molecular complexity index is 1230. The van der Waals surface area contributed by atoms with Crippen LogP contribution >= 0.6 is 0 Å². The maximum atomic E-state index is 12.9. The Hall–Kier alpha value is -2.69. The van der Waals surface area contributed by atoms with Crippen molar-refractivity contribution in [1.29, 1.82) is 5.26 Å². The van der Waals surface area contributed by atoms with Gasteiger partial charge < -0.3 is 19.1 Å². The Morgan fingerprint density at radius 2 is 1.79 bits per heavy atom. The van der Waals surface area contributed by atoms with Crippen LogP contribution in [0.3, 0.4) is 0 Å². The largest absolute Gasteiger partial charge is 0.476 e. The Labute approximate surface area is 230 Å². The van der Waals surface area contributed by atoms with Crippen LogP contribution in [0.1, 0.15) is 52.0 Å². The van der Waals surface area contributed by atoms with E-state index in [4.69, 9.17) is 14.2 Å². The molecule has 4 aliphatic rings. The van der Waals surface area contributed by atoms with E-state index in [1.807, 2.05) is 25.7 Å². The van der Waals surface area contributed by atoms with Gasteiger partial charge in [0.2, 0.25) is 15.7 Å². The van der Waals surface area contributed by atoms with Crippen molar-refractivity contribution < 1.29 is 27.4 Å². The van der Waals surface area contributed by atoms with Crippen LogP contribution in [-0.4, -0.2) is 111 Å². The van der Waals surface area contributed by atoms with Gasteiger partial charge in [0.05, 0.1) is 31.9 Å². The van der Waals surface area contributed by atoms with Crippen LogP contribution in [0.2, 0.25) is 0 Å². The number of nitrogens with zero attached hydrogens (tertiary/aromatic N) is 6. The predicted molar refractivity (Wildman–Crippen MR) is 141 cm³/mol. The summed E-state index contributed by atoms with van der Waals surface area (Å²) in [5.41, 5.74) is -0.529. The highest BCUT2D eigenvalue weighted by Crippen LogP contribution is 2.47. The fourth-order valence-corrected chi connectivity index (χ4v) is 6.18. The first-order valence-corrected chi connectivity index (χ1v) is 15.5. The van der Waals surface area contributed by atoms with Gasteiger partial charge in [0, 0.05) is 44.4 Å². The quantitative estimate of drug-likeness (QED) is 0.450. The van der Waals surface area contributed by atoms with E-state index in [2.05, 4.69) is 20.9 Å². The molecule has 1 saturated carbocycles. The molecule has 12 nitrogen and oxygen atoms in total. The Balaban J connectivity index is 1.38. The highest BCUT2D eigenvalue weighted by Gasteiger charge is 2.47. The summed E-state index contributed by atoms with van der Waals surface area (Å²) in [6.07, 6.45) is 4.28. The molecule has 4 heterocycles. The number of ether oxygens (including phenoxy) is 3. The van der Waals surface area contributed by atoms with E-state index in [1.165, 1.54) is 0 Å². The molecule has 0 aromatic carbocycles. The summed E-state index contributed by atoms with van der Waals surface area (Å²) >= 11 is 0. The Kier molecular flexibility index (Phi) is 7.41. The molecule has 0 radical (unpaired) electrons. The fourth-order valence-electron chi connectivity index (χ4n) is 5.68. The third-order valence-electron chi connectivity index (χ3n) is 7.80. The molecule has 0 N–H and O–H groups in total. The van der Waals surface area contributed by atoms with Crippen LogP contribution < -0.4 is 9.64 Å². The van der Waals surface area contributed by atoms with Gasteiger partial charge in [-0.05, 0) is 46.5 Å². The second-order valence-electron chi connectivity index (χ2n) is 12.2. The first kappa shape index (κ1) is 27.9. The zero-order valence-corrected chi connectivity index (χ0v) is 24.0. The minimum absolute atomic E-state index is 0.00176. The number of carbonyl (C=O) groups excluding carboxylic acids is 1. The van der Waals surface area contributed by atoms with E-state index in [-0.39, 0.29) is 46.0 Å². The minimum Gasteiger partial charge on any atom is -0.476 e. The Morgan fingerprint density at radius 1 is 1.15 bits per heavy atom. The smallest absolute Gasteiger partial charge is 0.410 e. The van der Waals surface area contributed by atoms with Crippen molar-refractivity contribution in [2.45, 2.75) is 69.3 Å². The molecule has 1 aliphatic carbocycles. The number of amides is 1. The summed E-state index contributed by atoms with van der Waals surface area (Å²) in [4.78, 5) is 27.5. The fraction of sp³-hybridized carbons (Fsp3) is 0.769. The van der Waals surface area contributed by atoms with E-state index in [0.29, 0.717) is 32.9 Å². The maximum Gasteiger partial charge on any atom is 0.410 e. The second-order valence-corrected chi connectivity index (χ2v) is 14.2. The molecular formula is C26H38N6O6S. The average Bonchev–Trinajstić information content (AvgIpc) is 3.57. The summed E-state index contributed by atoms with van der Waals surface area (Å²) in [5.74, 6) is 0.236. The van der Waals surface area contributed by atoms with Crippen molar-refractivity contribution in [1.82, 2.24) is 19.8 Å². The number of aromatic nitrogens is 2. The molecule has 3 aliphatic heterocycles. The van der Waals surface area contributed by atoms with Crippen molar-refractivity contribution in [3.63, 3.8) is 0 Å². The summed E-state index contributed by atoms with van der Waals surface area (Å²) in [5, 5.41) is 9.78. The van der Waals surface area contributed by atoms with Gasteiger partial charge in [0.25, 0.3) is 5.16 Å². The van der Waals surface area contributed by atoms with Crippen LogP contribution in [0.25, 0.3) is 0 Å². The van der Waals surface area contributed by atoms with Gasteiger partial charge in [-0.25, -0.2) is 13.2 Å².